The fraction of sp³-hybridized carbons (Fsp3) is 0.360. The predicted octanol–water partition coefficient (Wildman–Crippen LogP) is 2.94. The van der Waals surface area contributed by atoms with Crippen molar-refractivity contribution in [3.05, 3.63) is 60.0 Å². The van der Waals surface area contributed by atoms with Gasteiger partial charge in [-0.1, -0.05) is 12.1 Å². The fourth-order valence-corrected chi connectivity index (χ4v) is 4.65. The first-order valence-corrected chi connectivity index (χ1v) is 11.5. The van der Waals surface area contributed by atoms with E-state index in [-0.39, 0.29) is 17.9 Å². The van der Waals surface area contributed by atoms with Crippen LogP contribution < -0.4 is 15.4 Å². The number of rotatable bonds is 5. The molecule has 1 aromatic carbocycles. The predicted molar refractivity (Wildman–Crippen MR) is 129 cm³/mol. The average Bonchev–Trinajstić information content (AvgIpc) is 3.39. The van der Waals surface area contributed by atoms with E-state index in [0.29, 0.717) is 25.3 Å². The maximum absolute atomic E-state index is 13.7. The third kappa shape index (κ3) is 4.38. The second kappa shape index (κ2) is 9.64. The van der Waals surface area contributed by atoms with Gasteiger partial charge in [0.1, 0.15) is 11.6 Å². The third-order valence-electron chi connectivity index (χ3n) is 6.37. The Kier molecular flexibility index (Phi) is 6.27. The van der Waals surface area contributed by atoms with Gasteiger partial charge in [0.05, 0.1) is 32.1 Å². The Morgan fingerprint density at radius 2 is 2.00 bits per heavy atom. The summed E-state index contributed by atoms with van der Waals surface area (Å²) in [7, 11) is 1.64. The molecule has 0 spiro atoms. The molecule has 0 aliphatic carbocycles. The van der Waals surface area contributed by atoms with Crippen molar-refractivity contribution >= 4 is 17.7 Å². The largest absolute Gasteiger partial charge is 0.497 e. The number of benzene rings is 1. The molecular weight excluding hydrogens is 432 g/mol. The Labute approximate surface area is 198 Å². The zero-order chi connectivity index (χ0) is 23.5. The zero-order valence-electron chi connectivity index (χ0n) is 19.2. The molecule has 3 aromatic rings. The lowest BCUT2D eigenvalue weighted by Crippen LogP contribution is -2.37. The molecule has 2 aliphatic heterocycles. The molecule has 5 rings (SSSR count). The molecular formula is C25H28N6O3. The number of pyridine rings is 1. The van der Waals surface area contributed by atoms with Crippen LogP contribution in [0, 0.1) is 0 Å². The van der Waals surface area contributed by atoms with Crippen LogP contribution in [0.25, 0.3) is 11.1 Å². The van der Waals surface area contributed by atoms with E-state index in [1.165, 1.54) is 0 Å². The lowest BCUT2D eigenvalue weighted by molar-refractivity contribution is 0.0733. The number of nitrogen functional groups attached to an aromatic ring is 1. The van der Waals surface area contributed by atoms with Crippen LogP contribution in [-0.2, 0) is 4.74 Å². The summed E-state index contributed by atoms with van der Waals surface area (Å²) in [5.41, 5.74) is 9.14. The summed E-state index contributed by atoms with van der Waals surface area (Å²) in [6.07, 6.45) is 5.13. The quantitative estimate of drug-likeness (QED) is 0.619. The number of nitrogens with zero attached hydrogens (tertiary/aromatic N) is 5. The smallest absolute Gasteiger partial charge is 0.254 e. The van der Waals surface area contributed by atoms with Crippen LogP contribution in [-0.4, -0.2) is 65.7 Å². The maximum Gasteiger partial charge on any atom is 0.254 e. The van der Waals surface area contributed by atoms with Gasteiger partial charge in [-0.15, -0.1) is 0 Å². The van der Waals surface area contributed by atoms with Crippen molar-refractivity contribution in [2.45, 2.75) is 18.9 Å². The number of ether oxygens (including phenoxy) is 2. The molecule has 2 fully saturated rings. The van der Waals surface area contributed by atoms with Gasteiger partial charge >= 0.3 is 0 Å². The van der Waals surface area contributed by atoms with E-state index in [9.17, 15) is 4.79 Å². The number of likely N-dealkylation sites (tertiary alicyclic amines) is 1. The number of methoxy groups -OCH3 is 1. The maximum atomic E-state index is 13.7. The molecule has 0 radical (unpaired) electrons. The van der Waals surface area contributed by atoms with Crippen LogP contribution in [0.2, 0.25) is 0 Å². The van der Waals surface area contributed by atoms with E-state index in [1.807, 2.05) is 35.2 Å². The van der Waals surface area contributed by atoms with Gasteiger partial charge < -0.3 is 25.0 Å². The lowest BCUT2D eigenvalue weighted by Gasteiger charge is -2.29. The number of hydrogen-bond donors (Lipinski definition) is 1. The van der Waals surface area contributed by atoms with Crippen LogP contribution in [0.1, 0.15) is 34.9 Å². The van der Waals surface area contributed by atoms with E-state index in [2.05, 4.69) is 19.9 Å². The number of aromatic nitrogens is 3. The van der Waals surface area contributed by atoms with Gasteiger partial charge in [-0.05, 0) is 42.7 Å². The Balaban J connectivity index is 1.47. The number of nitrogens with two attached hydrogens (primary N) is 1. The summed E-state index contributed by atoms with van der Waals surface area (Å²) in [6, 6.07) is 11.2. The highest BCUT2D eigenvalue weighted by Crippen LogP contribution is 2.38. The zero-order valence-corrected chi connectivity index (χ0v) is 19.2. The SMILES string of the molecule is COc1cccc(-c2cnc(N)nc2[C@@H]2CCCN2C(=O)c2ccnc(N3CCOCC3)c2)c1. The molecule has 9 heteroatoms. The highest BCUT2D eigenvalue weighted by Gasteiger charge is 2.34. The van der Waals surface area contributed by atoms with Gasteiger partial charge in [0.25, 0.3) is 5.91 Å². The second-order valence-electron chi connectivity index (χ2n) is 8.42. The van der Waals surface area contributed by atoms with Crippen molar-refractivity contribution in [2.75, 3.05) is 50.6 Å². The van der Waals surface area contributed by atoms with Gasteiger partial charge in [-0.2, -0.15) is 0 Å². The normalized spacial score (nSPS) is 18.2. The number of hydrogen-bond acceptors (Lipinski definition) is 8. The molecule has 1 amide bonds. The summed E-state index contributed by atoms with van der Waals surface area (Å²) in [5, 5.41) is 0. The number of anilines is 2. The minimum absolute atomic E-state index is 0.0341. The molecule has 0 saturated carbocycles. The summed E-state index contributed by atoms with van der Waals surface area (Å²) in [6.45, 7) is 3.51. The molecule has 0 unspecified atom stereocenters. The molecule has 9 nitrogen and oxygen atoms in total. The molecule has 2 aromatic heterocycles. The molecule has 2 N–H and O–H groups in total. The Morgan fingerprint density at radius 1 is 1.15 bits per heavy atom. The third-order valence-corrected chi connectivity index (χ3v) is 6.37. The molecule has 2 aliphatic rings. The van der Waals surface area contributed by atoms with Gasteiger partial charge in [0.2, 0.25) is 5.95 Å². The van der Waals surface area contributed by atoms with Crippen molar-refractivity contribution in [3.8, 4) is 16.9 Å². The number of carbonyl (C=O) groups is 1. The second-order valence-corrected chi connectivity index (χ2v) is 8.42. The lowest BCUT2D eigenvalue weighted by atomic mass is 9.99. The molecule has 1 atom stereocenters. The highest BCUT2D eigenvalue weighted by molar-refractivity contribution is 5.95. The van der Waals surface area contributed by atoms with E-state index >= 15 is 0 Å². The summed E-state index contributed by atoms with van der Waals surface area (Å²) in [4.78, 5) is 31.0. The van der Waals surface area contributed by atoms with Gasteiger partial charge in [0.15, 0.2) is 0 Å². The number of amides is 1. The molecule has 4 heterocycles. The van der Waals surface area contributed by atoms with Gasteiger partial charge in [-0.3, -0.25) is 4.79 Å². The van der Waals surface area contributed by atoms with E-state index in [1.54, 1.807) is 25.6 Å². The van der Waals surface area contributed by atoms with Crippen LogP contribution >= 0.6 is 0 Å². The van der Waals surface area contributed by atoms with Crippen LogP contribution in [0.5, 0.6) is 5.75 Å². The van der Waals surface area contributed by atoms with Crippen molar-refractivity contribution < 1.29 is 14.3 Å². The molecule has 34 heavy (non-hydrogen) atoms. The van der Waals surface area contributed by atoms with E-state index in [4.69, 9.17) is 15.2 Å². The highest BCUT2D eigenvalue weighted by atomic mass is 16.5. The molecule has 176 valence electrons. The summed E-state index contributed by atoms with van der Waals surface area (Å²) in [5.74, 6) is 1.70. The summed E-state index contributed by atoms with van der Waals surface area (Å²) < 4.78 is 10.8. The number of morpholine rings is 1. The van der Waals surface area contributed by atoms with Crippen molar-refractivity contribution in [2.24, 2.45) is 0 Å². The average molecular weight is 461 g/mol. The summed E-state index contributed by atoms with van der Waals surface area (Å²) >= 11 is 0. The first-order valence-electron chi connectivity index (χ1n) is 11.5. The van der Waals surface area contributed by atoms with Crippen LogP contribution in [0.4, 0.5) is 11.8 Å². The number of carbonyl (C=O) groups excluding carboxylic acids is 1. The Morgan fingerprint density at radius 3 is 2.82 bits per heavy atom. The monoisotopic (exact) mass is 460 g/mol. The van der Waals surface area contributed by atoms with Crippen LogP contribution in [0.15, 0.2) is 48.8 Å². The first kappa shape index (κ1) is 22.1. The minimum Gasteiger partial charge on any atom is -0.497 e. The molecule has 2 saturated heterocycles. The minimum atomic E-state index is -0.195. The fourth-order valence-electron chi connectivity index (χ4n) is 4.65. The Bertz CT molecular complexity index is 1180. The Hall–Kier alpha value is -3.72. The first-order chi connectivity index (χ1) is 16.6. The van der Waals surface area contributed by atoms with Crippen molar-refractivity contribution in [1.29, 1.82) is 0 Å². The standard InChI is InChI=1S/C25H28N6O3/c1-33-19-5-2-4-17(14-19)20-16-28-25(26)29-23(20)21-6-3-9-31(21)24(32)18-7-8-27-22(15-18)30-10-12-34-13-11-30/h2,4-5,7-8,14-16,21H,3,6,9-13H2,1H3,(H2,26,28,29)/t21-/m0/s1. The molecule has 0 bridgehead atoms. The van der Waals surface area contributed by atoms with Crippen LogP contribution in [0.3, 0.4) is 0 Å². The van der Waals surface area contributed by atoms with Gasteiger partial charge in [-0.25, -0.2) is 15.0 Å². The van der Waals surface area contributed by atoms with E-state index < -0.39 is 0 Å². The van der Waals surface area contributed by atoms with E-state index in [0.717, 1.165) is 54.3 Å². The van der Waals surface area contributed by atoms with Crippen molar-refractivity contribution in [3.63, 3.8) is 0 Å². The topological polar surface area (TPSA) is 107 Å². The van der Waals surface area contributed by atoms with Gasteiger partial charge in [0, 0.05) is 43.2 Å². The van der Waals surface area contributed by atoms with Crippen molar-refractivity contribution in [1.82, 2.24) is 19.9 Å².